The number of likely N-dealkylation sites (tertiary alicyclic amines) is 1. The highest BCUT2D eigenvalue weighted by atomic mass is 79.9. The van der Waals surface area contributed by atoms with E-state index in [0.29, 0.717) is 18.5 Å². The molecule has 1 aromatic carbocycles. The predicted octanol–water partition coefficient (Wildman–Crippen LogP) is 0.864. The van der Waals surface area contributed by atoms with E-state index in [-0.39, 0.29) is 18.4 Å². The average Bonchev–Trinajstić information content (AvgIpc) is 2.34. The van der Waals surface area contributed by atoms with Gasteiger partial charge in [0.25, 0.3) is 5.91 Å². The van der Waals surface area contributed by atoms with Gasteiger partial charge in [-0.05, 0) is 30.7 Å². The molecule has 7 heteroatoms. The molecule has 6 nitrogen and oxygen atoms in total. The number of carboxylic acid groups (broad SMARTS) is 1. The van der Waals surface area contributed by atoms with Gasteiger partial charge in [0.05, 0.1) is 6.54 Å². The molecular formula is C13H13BrN2O4. The van der Waals surface area contributed by atoms with Crippen LogP contribution in [-0.4, -0.2) is 46.9 Å². The van der Waals surface area contributed by atoms with Crippen LogP contribution in [-0.2, 0) is 9.59 Å². The molecule has 2 N–H and O–H groups in total. The number of nitrogens with one attached hydrogen (secondary N) is 1. The molecule has 0 bridgehead atoms. The van der Waals surface area contributed by atoms with Crippen molar-refractivity contribution in [3.05, 3.63) is 34.3 Å². The molecule has 2 rings (SSSR count). The molecule has 1 aromatic rings. The smallest absolute Gasteiger partial charge is 0.326 e. The Hall–Kier alpha value is -1.89. The first-order valence-electron chi connectivity index (χ1n) is 6.05. The summed E-state index contributed by atoms with van der Waals surface area (Å²) in [5.74, 6) is -1.75. The van der Waals surface area contributed by atoms with Crippen molar-refractivity contribution in [3.8, 4) is 0 Å². The summed E-state index contributed by atoms with van der Waals surface area (Å²) in [5.41, 5.74) is 0.444. The van der Waals surface area contributed by atoms with E-state index in [1.54, 1.807) is 24.3 Å². The number of amides is 2. The molecule has 2 amide bonds. The number of rotatable bonds is 4. The van der Waals surface area contributed by atoms with Crippen molar-refractivity contribution in [2.75, 3.05) is 13.1 Å². The Morgan fingerprint density at radius 1 is 1.30 bits per heavy atom. The molecule has 1 fully saturated rings. The van der Waals surface area contributed by atoms with Gasteiger partial charge in [0.15, 0.2) is 0 Å². The zero-order chi connectivity index (χ0) is 14.7. The van der Waals surface area contributed by atoms with E-state index < -0.39 is 12.0 Å². The molecule has 106 valence electrons. The molecule has 0 aliphatic carbocycles. The van der Waals surface area contributed by atoms with Crippen molar-refractivity contribution in [1.29, 1.82) is 0 Å². The zero-order valence-corrected chi connectivity index (χ0v) is 12.1. The minimum Gasteiger partial charge on any atom is -0.480 e. The number of halogens is 1. The second-order valence-corrected chi connectivity index (χ2v) is 5.34. The number of hydrogen-bond donors (Lipinski definition) is 2. The maximum absolute atomic E-state index is 11.8. The number of aliphatic carboxylic acids is 1. The highest BCUT2D eigenvalue weighted by Crippen LogP contribution is 2.17. The zero-order valence-electron chi connectivity index (χ0n) is 10.5. The predicted molar refractivity (Wildman–Crippen MR) is 74.2 cm³/mol. The average molecular weight is 341 g/mol. The first-order valence-corrected chi connectivity index (χ1v) is 6.84. The first kappa shape index (κ1) is 14.5. The van der Waals surface area contributed by atoms with E-state index in [2.05, 4.69) is 21.2 Å². The quantitative estimate of drug-likeness (QED) is 0.851. The molecule has 1 heterocycles. The van der Waals surface area contributed by atoms with E-state index >= 15 is 0 Å². The lowest BCUT2D eigenvalue weighted by atomic mass is 10.0. The molecule has 1 atom stereocenters. The molecule has 1 unspecified atom stereocenters. The maximum atomic E-state index is 11.8. The first-order chi connectivity index (χ1) is 9.49. The van der Waals surface area contributed by atoms with Crippen LogP contribution >= 0.6 is 15.9 Å². The van der Waals surface area contributed by atoms with Gasteiger partial charge in [-0.3, -0.25) is 9.59 Å². The van der Waals surface area contributed by atoms with E-state index in [0.717, 1.165) is 4.47 Å². The second-order valence-electron chi connectivity index (χ2n) is 4.42. The van der Waals surface area contributed by atoms with Gasteiger partial charge in [-0.25, -0.2) is 4.79 Å². The maximum Gasteiger partial charge on any atom is 0.326 e. The van der Waals surface area contributed by atoms with Crippen molar-refractivity contribution in [3.63, 3.8) is 0 Å². The van der Waals surface area contributed by atoms with E-state index in [4.69, 9.17) is 5.11 Å². The second kappa shape index (κ2) is 6.04. The van der Waals surface area contributed by atoms with Crippen LogP contribution in [0.3, 0.4) is 0 Å². The van der Waals surface area contributed by atoms with E-state index in [9.17, 15) is 14.4 Å². The Balaban J connectivity index is 1.86. The van der Waals surface area contributed by atoms with Gasteiger partial charge in [-0.1, -0.05) is 15.9 Å². The summed E-state index contributed by atoms with van der Waals surface area (Å²) >= 11 is 3.26. The summed E-state index contributed by atoms with van der Waals surface area (Å²) in [6.07, 6.45) is 0.460. The van der Waals surface area contributed by atoms with Gasteiger partial charge in [-0.2, -0.15) is 0 Å². The molecular weight excluding hydrogens is 328 g/mol. The standard InChI is InChI=1S/C13H13BrN2O4/c14-9-3-1-8(2-4-9)12(18)15-7-11(17)16-6-5-10(16)13(19)20/h1-4,10H,5-7H2,(H,15,18)(H,19,20). The Kier molecular flexibility index (Phi) is 4.39. The van der Waals surface area contributed by atoms with E-state index in [1.165, 1.54) is 4.90 Å². The van der Waals surface area contributed by atoms with Crippen LogP contribution in [0.5, 0.6) is 0 Å². The highest BCUT2D eigenvalue weighted by molar-refractivity contribution is 9.10. The lowest BCUT2D eigenvalue weighted by Gasteiger charge is -2.37. The number of carboxylic acids is 1. The largest absolute Gasteiger partial charge is 0.480 e. The van der Waals surface area contributed by atoms with Crippen LogP contribution in [0.4, 0.5) is 0 Å². The Morgan fingerprint density at radius 2 is 1.95 bits per heavy atom. The van der Waals surface area contributed by atoms with Gasteiger partial charge >= 0.3 is 5.97 Å². The van der Waals surface area contributed by atoms with Crippen LogP contribution in [0.15, 0.2) is 28.7 Å². The molecule has 1 aliphatic rings. The van der Waals surface area contributed by atoms with Crippen LogP contribution < -0.4 is 5.32 Å². The van der Waals surface area contributed by atoms with Crippen molar-refractivity contribution in [2.45, 2.75) is 12.5 Å². The molecule has 0 radical (unpaired) electrons. The number of carbonyl (C=O) groups excluding carboxylic acids is 2. The fourth-order valence-corrected chi connectivity index (χ4v) is 2.17. The molecule has 1 saturated heterocycles. The van der Waals surface area contributed by atoms with Crippen molar-refractivity contribution in [1.82, 2.24) is 10.2 Å². The van der Waals surface area contributed by atoms with Crippen molar-refractivity contribution < 1.29 is 19.5 Å². The lowest BCUT2D eigenvalue weighted by Crippen LogP contribution is -2.57. The third-order valence-electron chi connectivity index (χ3n) is 3.13. The van der Waals surface area contributed by atoms with Crippen LogP contribution in [0.25, 0.3) is 0 Å². The Bertz CT molecular complexity index is 544. The van der Waals surface area contributed by atoms with Gasteiger partial charge in [-0.15, -0.1) is 0 Å². The van der Waals surface area contributed by atoms with Gasteiger partial charge < -0.3 is 15.3 Å². The molecule has 1 aliphatic heterocycles. The summed E-state index contributed by atoms with van der Waals surface area (Å²) in [6, 6.07) is 5.97. The van der Waals surface area contributed by atoms with Gasteiger partial charge in [0.1, 0.15) is 6.04 Å². The Morgan fingerprint density at radius 3 is 2.45 bits per heavy atom. The monoisotopic (exact) mass is 340 g/mol. The minimum absolute atomic E-state index is 0.196. The summed E-state index contributed by atoms with van der Waals surface area (Å²) in [6.45, 7) is 0.225. The third-order valence-corrected chi connectivity index (χ3v) is 3.66. The number of nitrogens with zero attached hydrogens (tertiary/aromatic N) is 1. The molecule has 0 aromatic heterocycles. The number of benzene rings is 1. The third kappa shape index (κ3) is 3.16. The Labute approximate surface area is 123 Å². The minimum atomic E-state index is -1.01. The summed E-state index contributed by atoms with van der Waals surface area (Å²) in [5, 5.41) is 11.3. The summed E-state index contributed by atoms with van der Waals surface area (Å²) < 4.78 is 0.856. The molecule has 20 heavy (non-hydrogen) atoms. The van der Waals surface area contributed by atoms with Gasteiger partial charge in [0.2, 0.25) is 5.91 Å². The SMILES string of the molecule is O=C(NCC(=O)N1CCC1C(=O)O)c1ccc(Br)cc1. The lowest BCUT2D eigenvalue weighted by molar-refractivity contribution is -0.156. The highest BCUT2D eigenvalue weighted by Gasteiger charge is 2.37. The topological polar surface area (TPSA) is 86.7 Å². The number of carbonyl (C=O) groups is 3. The fourth-order valence-electron chi connectivity index (χ4n) is 1.90. The normalized spacial score (nSPS) is 17.2. The summed E-state index contributed by atoms with van der Waals surface area (Å²) in [7, 11) is 0. The van der Waals surface area contributed by atoms with Crippen molar-refractivity contribution in [2.24, 2.45) is 0 Å². The van der Waals surface area contributed by atoms with Crippen molar-refractivity contribution >= 4 is 33.7 Å². The van der Waals surface area contributed by atoms with E-state index in [1.807, 2.05) is 0 Å². The van der Waals surface area contributed by atoms with Crippen LogP contribution in [0.2, 0.25) is 0 Å². The fraction of sp³-hybridized carbons (Fsp3) is 0.308. The molecule has 0 spiro atoms. The molecule has 0 saturated carbocycles. The van der Waals surface area contributed by atoms with Gasteiger partial charge in [0, 0.05) is 16.6 Å². The van der Waals surface area contributed by atoms with Crippen LogP contribution in [0, 0.1) is 0 Å². The van der Waals surface area contributed by atoms with Crippen LogP contribution in [0.1, 0.15) is 16.8 Å². The summed E-state index contributed by atoms with van der Waals surface area (Å²) in [4.78, 5) is 35.6. The number of hydrogen-bond acceptors (Lipinski definition) is 3.